The number of fused-ring (bicyclic) bond motifs is 2. The summed E-state index contributed by atoms with van der Waals surface area (Å²) in [4.78, 5) is 0.167. The van der Waals surface area contributed by atoms with Crippen LogP contribution in [0.1, 0.15) is 345 Å². The molecule has 0 fully saturated rings. The van der Waals surface area contributed by atoms with Crippen LogP contribution < -0.4 is 0 Å². The number of unbranched alkanes of at least 4 members (excludes halogenated alkanes) is 36. The van der Waals surface area contributed by atoms with E-state index in [0.29, 0.717) is 23.6 Å². The molecular weight excluding hydrogens is 1190 g/mol. The smallest absolute Gasteiger partial charge is 0.744 e. The van der Waals surface area contributed by atoms with Crippen LogP contribution in [-0.2, 0) is 58.8 Å². The first-order chi connectivity index (χ1) is 39.9. The SMILES string of the molecule is CCCCCCCCCc1c(CCCCCCCCC)c(S(=O)(=O)[O-])c2ccccc2c1CCCCCCCCC.CCCCCCCCCc1c(CCCCCCCCC)c(S(=O)(=O)[O-])c2ccccc2c1CCCCCCCCC.[Ba+2]. The maximum absolute atomic E-state index is 12.8. The van der Waals surface area contributed by atoms with Gasteiger partial charge in [0.15, 0.2) is 0 Å². The molecule has 9 heteroatoms. The Kier molecular flexibility index (Phi) is 45.7. The van der Waals surface area contributed by atoms with E-state index in [1.54, 1.807) is 0 Å². The van der Waals surface area contributed by atoms with Gasteiger partial charge in [0.2, 0.25) is 0 Å². The van der Waals surface area contributed by atoms with E-state index in [-0.39, 0.29) is 58.7 Å². The van der Waals surface area contributed by atoms with Crippen LogP contribution in [-0.4, -0.2) is 74.8 Å². The molecule has 0 atom stereocenters. The molecule has 0 bridgehead atoms. The standard InChI is InChI=1S/2C37H62O3S.Ba/c2*1-4-7-10-13-16-19-22-27-32-33(28-23-20-17-14-11-8-5-2)35(30-24-21-18-15-12-9-6-3)37(41(38,39)40)36-31-26-25-29-34(32)36;/h2*25-26,29,31H,4-24,27-28,30H2,1-3H3,(H,38,39,40);/q;;+2/p-2. The first-order valence-corrected chi connectivity index (χ1v) is 37.7. The van der Waals surface area contributed by atoms with Crippen LogP contribution in [0.5, 0.6) is 0 Å². The zero-order valence-electron chi connectivity index (χ0n) is 54.5. The molecule has 6 nitrogen and oxygen atoms in total. The first kappa shape index (κ1) is 77.9. The molecule has 0 spiro atoms. The van der Waals surface area contributed by atoms with Crippen LogP contribution >= 0.6 is 0 Å². The molecule has 0 amide bonds. The van der Waals surface area contributed by atoms with Gasteiger partial charge in [-0.05, 0) is 132 Å². The number of hydrogen-bond acceptors (Lipinski definition) is 6. The summed E-state index contributed by atoms with van der Waals surface area (Å²) in [6, 6.07) is 15.7. The van der Waals surface area contributed by atoms with E-state index in [0.717, 1.165) is 98.9 Å². The van der Waals surface area contributed by atoms with Crippen molar-refractivity contribution in [3.63, 3.8) is 0 Å². The van der Waals surface area contributed by atoms with Gasteiger partial charge in [-0.1, -0.05) is 321 Å². The fourth-order valence-corrected chi connectivity index (χ4v) is 15.0. The van der Waals surface area contributed by atoms with Gasteiger partial charge in [-0.3, -0.25) is 0 Å². The monoisotopic (exact) mass is 1310 g/mol. The van der Waals surface area contributed by atoms with E-state index in [2.05, 4.69) is 53.7 Å². The van der Waals surface area contributed by atoms with E-state index in [1.807, 2.05) is 36.4 Å². The van der Waals surface area contributed by atoms with Crippen molar-refractivity contribution in [3.8, 4) is 0 Å². The van der Waals surface area contributed by atoms with Crippen molar-refractivity contribution in [1.29, 1.82) is 0 Å². The van der Waals surface area contributed by atoms with E-state index >= 15 is 0 Å². The van der Waals surface area contributed by atoms with Gasteiger partial charge in [-0.25, -0.2) is 16.8 Å². The van der Waals surface area contributed by atoms with Crippen molar-refractivity contribution in [1.82, 2.24) is 0 Å². The summed E-state index contributed by atoms with van der Waals surface area (Å²) < 4.78 is 77.1. The Balaban J connectivity index is 0.000000560. The van der Waals surface area contributed by atoms with Gasteiger partial charge < -0.3 is 9.11 Å². The van der Waals surface area contributed by atoms with Crippen LogP contribution in [0.4, 0.5) is 0 Å². The Hall–Kier alpha value is -1.21. The van der Waals surface area contributed by atoms with Crippen LogP contribution in [0.15, 0.2) is 58.3 Å². The fourth-order valence-electron chi connectivity index (χ4n) is 13.0. The molecule has 83 heavy (non-hydrogen) atoms. The molecule has 0 saturated heterocycles. The molecule has 0 heterocycles. The maximum atomic E-state index is 12.8. The molecule has 0 aliphatic carbocycles. The van der Waals surface area contributed by atoms with Crippen molar-refractivity contribution in [2.24, 2.45) is 0 Å². The van der Waals surface area contributed by atoms with Crippen LogP contribution in [0, 0.1) is 0 Å². The minimum atomic E-state index is -4.59. The minimum absolute atomic E-state index is 0. The summed E-state index contributed by atoms with van der Waals surface area (Å²) in [7, 11) is -9.18. The Morgan fingerprint density at radius 1 is 0.241 bits per heavy atom. The zero-order valence-corrected chi connectivity index (χ0v) is 60.6. The average Bonchev–Trinajstić information content (AvgIpc) is 3.52. The van der Waals surface area contributed by atoms with E-state index in [9.17, 15) is 25.9 Å². The van der Waals surface area contributed by atoms with Crippen molar-refractivity contribution in [3.05, 3.63) is 81.9 Å². The third-order valence-corrected chi connectivity index (χ3v) is 19.6. The molecule has 0 unspecified atom stereocenters. The molecule has 0 N–H and O–H groups in total. The summed E-state index contributed by atoms with van der Waals surface area (Å²) in [5, 5.41) is 3.30. The van der Waals surface area contributed by atoms with Crippen molar-refractivity contribution in [2.45, 2.75) is 360 Å². The van der Waals surface area contributed by atoms with Gasteiger partial charge in [-0.2, -0.15) is 0 Å². The molecule has 0 aliphatic rings. The van der Waals surface area contributed by atoms with Crippen LogP contribution in [0.25, 0.3) is 21.5 Å². The summed E-state index contributed by atoms with van der Waals surface area (Å²) in [6.07, 6.45) is 56.6. The zero-order chi connectivity index (χ0) is 59.5. The molecule has 4 aromatic rings. The first-order valence-electron chi connectivity index (χ1n) is 34.9. The van der Waals surface area contributed by atoms with Gasteiger partial charge in [0.05, 0.1) is 9.79 Å². The summed E-state index contributed by atoms with van der Waals surface area (Å²) in [5.74, 6) is 0. The second-order valence-corrected chi connectivity index (χ2v) is 27.4. The van der Waals surface area contributed by atoms with Gasteiger partial charge in [0.1, 0.15) is 20.2 Å². The predicted octanol–water partition coefficient (Wildman–Crippen LogP) is 22.9. The topological polar surface area (TPSA) is 114 Å². The minimum Gasteiger partial charge on any atom is -0.744 e. The van der Waals surface area contributed by atoms with Crippen molar-refractivity contribution >= 4 is 90.7 Å². The van der Waals surface area contributed by atoms with Gasteiger partial charge in [0.25, 0.3) is 0 Å². The number of aryl methyl sites for hydroxylation is 2. The number of hydrogen-bond donors (Lipinski definition) is 0. The molecule has 4 aromatic carbocycles. The van der Waals surface area contributed by atoms with Crippen LogP contribution in [0.2, 0.25) is 0 Å². The van der Waals surface area contributed by atoms with Crippen molar-refractivity contribution < 1.29 is 25.9 Å². The average molecular weight is 1310 g/mol. The van der Waals surface area contributed by atoms with E-state index in [1.165, 1.54) is 241 Å². The number of rotatable bonds is 50. The Labute approximate surface area is 552 Å². The third kappa shape index (κ3) is 31.2. The molecule has 0 aliphatic heterocycles. The number of benzene rings is 4. The van der Waals surface area contributed by atoms with E-state index in [4.69, 9.17) is 0 Å². The van der Waals surface area contributed by atoms with Gasteiger partial charge >= 0.3 is 48.9 Å². The Bertz CT molecular complexity index is 2330. The molecule has 0 aromatic heterocycles. The Morgan fingerprint density at radius 2 is 0.410 bits per heavy atom. The summed E-state index contributed by atoms with van der Waals surface area (Å²) in [5.41, 5.74) is 6.76. The molecule has 4 rings (SSSR count). The van der Waals surface area contributed by atoms with E-state index < -0.39 is 20.2 Å². The quantitative estimate of drug-likeness (QED) is 0.0247. The predicted molar refractivity (Wildman–Crippen MR) is 360 cm³/mol. The van der Waals surface area contributed by atoms with Gasteiger partial charge in [0, 0.05) is 0 Å². The summed E-state index contributed by atoms with van der Waals surface area (Å²) >= 11 is 0. The largest absolute Gasteiger partial charge is 2.00 e. The Morgan fingerprint density at radius 3 is 0.614 bits per heavy atom. The second kappa shape index (κ2) is 48.7. The molecule has 0 saturated carbocycles. The van der Waals surface area contributed by atoms with Gasteiger partial charge in [-0.15, -0.1) is 0 Å². The van der Waals surface area contributed by atoms with Crippen LogP contribution in [0.3, 0.4) is 0 Å². The fraction of sp³-hybridized carbons (Fsp3) is 0.730. The third-order valence-electron chi connectivity index (χ3n) is 17.7. The van der Waals surface area contributed by atoms with Crippen molar-refractivity contribution in [2.75, 3.05) is 0 Å². The second-order valence-electron chi connectivity index (χ2n) is 24.8. The molecule has 0 radical (unpaired) electrons. The molecule has 468 valence electrons. The summed E-state index contributed by atoms with van der Waals surface area (Å²) in [6.45, 7) is 13.5. The molecular formula is C74H122BaO6S2. The normalized spacial score (nSPS) is 11.9. The maximum Gasteiger partial charge on any atom is 2.00 e.